The Balaban J connectivity index is 2.36. The average Bonchev–Trinajstić information content (AvgIpc) is 2.96. The van der Waals surface area contributed by atoms with Gasteiger partial charge in [-0.05, 0) is 25.5 Å². The number of imidazole rings is 1. The fourth-order valence-corrected chi connectivity index (χ4v) is 4.25. The van der Waals surface area contributed by atoms with Gasteiger partial charge in [-0.2, -0.15) is 0 Å². The second kappa shape index (κ2) is 6.93. The molecular formula is C20H20FN3O3S. The molecular weight excluding hydrogens is 381 g/mol. The van der Waals surface area contributed by atoms with Gasteiger partial charge in [0.05, 0.1) is 16.3 Å². The summed E-state index contributed by atoms with van der Waals surface area (Å²) in [7, 11) is -3.86. The Morgan fingerprint density at radius 1 is 1.32 bits per heavy atom. The number of terminal acetylenes is 1. The number of aliphatic hydroxyl groups is 1. The summed E-state index contributed by atoms with van der Waals surface area (Å²) in [5.41, 5.74) is 4.35. The van der Waals surface area contributed by atoms with Crippen LogP contribution in [-0.4, -0.2) is 27.7 Å². The molecule has 0 amide bonds. The first kappa shape index (κ1) is 19.9. The van der Waals surface area contributed by atoms with Gasteiger partial charge in [0.1, 0.15) is 11.4 Å². The van der Waals surface area contributed by atoms with Crippen LogP contribution in [0, 0.1) is 18.2 Å². The van der Waals surface area contributed by atoms with E-state index in [1.165, 1.54) is 19.9 Å². The maximum Gasteiger partial charge on any atom is 0.244 e. The van der Waals surface area contributed by atoms with Gasteiger partial charge in [0.15, 0.2) is 0 Å². The van der Waals surface area contributed by atoms with E-state index in [9.17, 15) is 17.9 Å². The zero-order valence-corrected chi connectivity index (χ0v) is 16.2. The maximum atomic E-state index is 15.0. The topological polar surface area (TPSA) is 98.2 Å². The molecule has 3 N–H and O–H groups in total. The van der Waals surface area contributed by atoms with E-state index in [-0.39, 0.29) is 29.0 Å². The van der Waals surface area contributed by atoms with E-state index in [0.29, 0.717) is 5.56 Å². The van der Waals surface area contributed by atoms with Crippen molar-refractivity contribution in [2.75, 3.05) is 5.73 Å². The van der Waals surface area contributed by atoms with Gasteiger partial charge >= 0.3 is 0 Å². The van der Waals surface area contributed by atoms with E-state index in [1.54, 1.807) is 30.3 Å². The van der Waals surface area contributed by atoms with E-state index in [4.69, 9.17) is 12.2 Å². The van der Waals surface area contributed by atoms with Crippen LogP contribution < -0.4 is 5.73 Å². The third-order valence-electron chi connectivity index (χ3n) is 4.63. The van der Waals surface area contributed by atoms with Gasteiger partial charge in [-0.3, -0.25) is 0 Å². The summed E-state index contributed by atoms with van der Waals surface area (Å²) < 4.78 is 41.3. The molecule has 1 heterocycles. The van der Waals surface area contributed by atoms with E-state index in [1.807, 2.05) is 0 Å². The summed E-state index contributed by atoms with van der Waals surface area (Å²) in [6, 6.07) is 10.7. The smallest absolute Gasteiger partial charge is 0.244 e. The number of benzene rings is 2. The molecule has 0 bridgehead atoms. The van der Waals surface area contributed by atoms with Gasteiger partial charge in [-0.25, -0.2) is 21.8 Å². The van der Waals surface area contributed by atoms with Crippen LogP contribution in [0.25, 0.3) is 11.0 Å². The maximum absolute atomic E-state index is 15.0. The van der Waals surface area contributed by atoms with Gasteiger partial charge in [-0.1, -0.05) is 30.3 Å². The van der Waals surface area contributed by atoms with Gasteiger partial charge in [-0.15, -0.1) is 12.3 Å². The van der Waals surface area contributed by atoms with Gasteiger partial charge in [0, 0.05) is 18.1 Å². The minimum atomic E-state index is -3.86. The monoisotopic (exact) mass is 401 g/mol. The van der Waals surface area contributed by atoms with E-state index in [0.717, 1.165) is 10.0 Å². The number of anilines is 1. The number of nitrogens with zero attached hydrogens (tertiary/aromatic N) is 2. The summed E-state index contributed by atoms with van der Waals surface area (Å²) in [6.07, 6.45) is 5.22. The standard InChI is InChI=1S/C20H20FN3O3S/c1-4-10-20(25,14-8-6-5-7-9-14)15-11-18-17(12-16(15)21)23-19(22)24(18)28(26,27)13(2)3/h1,5-9,11-13,25H,10H2,2-3H3,(H2,22,23). The zero-order chi connectivity index (χ0) is 20.7. The molecule has 1 atom stereocenters. The van der Waals surface area contributed by atoms with Crippen LogP contribution >= 0.6 is 0 Å². The summed E-state index contributed by atoms with van der Waals surface area (Å²) in [5.74, 6) is 1.33. The summed E-state index contributed by atoms with van der Waals surface area (Å²) >= 11 is 0. The van der Waals surface area contributed by atoms with Crippen molar-refractivity contribution >= 4 is 27.0 Å². The summed E-state index contributed by atoms with van der Waals surface area (Å²) in [4.78, 5) is 3.96. The Bertz CT molecular complexity index is 1180. The summed E-state index contributed by atoms with van der Waals surface area (Å²) in [5, 5.41) is 10.5. The van der Waals surface area contributed by atoms with Gasteiger partial charge in [0.2, 0.25) is 16.0 Å². The lowest BCUT2D eigenvalue weighted by molar-refractivity contribution is 0.0826. The molecule has 3 aromatic rings. The van der Waals surface area contributed by atoms with Crippen LogP contribution in [0.5, 0.6) is 0 Å². The largest absolute Gasteiger partial charge is 0.379 e. The molecule has 3 rings (SSSR count). The molecule has 28 heavy (non-hydrogen) atoms. The average molecular weight is 401 g/mol. The molecule has 8 heteroatoms. The van der Waals surface area contributed by atoms with Crippen LogP contribution in [0.3, 0.4) is 0 Å². The second-order valence-corrected chi connectivity index (χ2v) is 9.09. The number of fused-ring (bicyclic) bond motifs is 1. The first-order valence-corrected chi connectivity index (χ1v) is 10.1. The fourth-order valence-electron chi connectivity index (χ4n) is 3.11. The van der Waals surface area contributed by atoms with Crippen molar-refractivity contribution in [1.82, 2.24) is 8.96 Å². The Morgan fingerprint density at radius 3 is 2.54 bits per heavy atom. The number of rotatable bonds is 5. The van der Waals surface area contributed by atoms with Crippen LogP contribution in [0.1, 0.15) is 31.4 Å². The van der Waals surface area contributed by atoms with Crippen molar-refractivity contribution in [3.63, 3.8) is 0 Å². The third kappa shape index (κ3) is 3.03. The Labute approximate surface area is 162 Å². The van der Waals surface area contributed by atoms with E-state index < -0.39 is 26.7 Å². The lowest BCUT2D eigenvalue weighted by atomic mass is 9.83. The molecule has 0 aliphatic carbocycles. The van der Waals surface area contributed by atoms with Crippen LogP contribution in [-0.2, 0) is 15.6 Å². The number of halogens is 1. The van der Waals surface area contributed by atoms with E-state index >= 15 is 0 Å². The van der Waals surface area contributed by atoms with Crippen molar-refractivity contribution in [3.8, 4) is 12.3 Å². The number of hydrogen-bond donors (Lipinski definition) is 2. The molecule has 0 radical (unpaired) electrons. The molecule has 6 nitrogen and oxygen atoms in total. The zero-order valence-electron chi connectivity index (χ0n) is 15.4. The SMILES string of the molecule is C#CCC(O)(c1ccccc1)c1cc2c(cc1F)nc(N)n2S(=O)(=O)C(C)C. The van der Waals surface area contributed by atoms with Gasteiger partial charge in [0.25, 0.3) is 0 Å². The first-order chi connectivity index (χ1) is 13.1. The molecule has 0 aliphatic rings. The van der Waals surface area contributed by atoms with Crippen LogP contribution in [0.4, 0.5) is 10.3 Å². The predicted octanol–water partition coefficient (Wildman–Crippen LogP) is 2.60. The third-order valence-corrected chi connectivity index (χ3v) is 6.72. The van der Waals surface area contributed by atoms with Crippen molar-refractivity contribution in [1.29, 1.82) is 0 Å². The first-order valence-electron chi connectivity index (χ1n) is 8.56. The van der Waals surface area contributed by atoms with Crippen molar-refractivity contribution < 1.29 is 17.9 Å². The highest BCUT2D eigenvalue weighted by Gasteiger charge is 2.35. The molecule has 2 aromatic carbocycles. The molecule has 1 unspecified atom stereocenters. The molecule has 0 saturated heterocycles. The number of nitrogens with two attached hydrogens (primary N) is 1. The highest BCUT2D eigenvalue weighted by molar-refractivity contribution is 7.90. The fraction of sp³-hybridized carbons (Fsp3) is 0.250. The lowest BCUT2D eigenvalue weighted by Gasteiger charge is -2.28. The van der Waals surface area contributed by atoms with Crippen molar-refractivity contribution in [3.05, 3.63) is 59.4 Å². The molecule has 0 saturated carbocycles. The number of nitrogen functional groups attached to an aromatic ring is 1. The minimum absolute atomic E-state index is 0.0686. The van der Waals surface area contributed by atoms with Crippen LogP contribution in [0.2, 0.25) is 0 Å². The Hall–Kier alpha value is -2.89. The van der Waals surface area contributed by atoms with Crippen molar-refractivity contribution in [2.45, 2.75) is 31.1 Å². The Morgan fingerprint density at radius 2 is 1.96 bits per heavy atom. The van der Waals surface area contributed by atoms with Gasteiger partial charge < -0.3 is 10.8 Å². The number of aromatic nitrogens is 2. The van der Waals surface area contributed by atoms with E-state index in [2.05, 4.69) is 10.9 Å². The normalized spacial score (nSPS) is 14.1. The molecule has 1 aromatic heterocycles. The number of hydrogen-bond acceptors (Lipinski definition) is 5. The highest BCUT2D eigenvalue weighted by atomic mass is 32.2. The predicted molar refractivity (Wildman–Crippen MR) is 106 cm³/mol. The quantitative estimate of drug-likeness (QED) is 0.641. The molecule has 0 fully saturated rings. The second-order valence-electron chi connectivity index (χ2n) is 6.76. The lowest BCUT2D eigenvalue weighted by Crippen LogP contribution is -2.28. The van der Waals surface area contributed by atoms with Crippen LogP contribution in [0.15, 0.2) is 42.5 Å². The summed E-state index contributed by atoms with van der Waals surface area (Å²) in [6.45, 7) is 3.01. The molecule has 146 valence electrons. The molecule has 0 spiro atoms. The minimum Gasteiger partial charge on any atom is -0.379 e. The highest BCUT2D eigenvalue weighted by Crippen LogP contribution is 2.37. The Kier molecular flexibility index (Phi) is 4.91. The molecule has 0 aliphatic heterocycles. The van der Waals surface area contributed by atoms with Crippen molar-refractivity contribution in [2.24, 2.45) is 0 Å².